The molecule has 0 aliphatic rings. The van der Waals surface area contributed by atoms with Gasteiger partial charge in [0.05, 0.1) is 6.33 Å². The van der Waals surface area contributed by atoms with Crippen LogP contribution in [0.2, 0.25) is 0 Å². The number of aromatic nitrogens is 2. The van der Waals surface area contributed by atoms with Crippen LogP contribution in [0.3, 0.4) is 0 Å². The number of rotatable bonds is 10. The molecule has 0 aliphatic heterocycles. The van der Waals surface area contributed by atoms with E-state index in [4.69, 9.17) is 9.47 Å². The number of hydrogen-bond acceptors (Lipinski definition) is 6. The second kappa shape index (κ2) is 12.3. The molecule has 0 fully saturated rings. The number of imidazole rings is 1. The highest BCUT2D eigenvalue weighted by molar-refractivity contribution is 5.82. The van der Waals surface area contributed by atoms with Gasteiger partial charge in [0, 0.05) is 31.6 Å². The van der Waals surface area contributed by atoms with Crippen molar-refractivity contribution in [3.8, 4) is 0 Å². The van der Waals surface area contributed by atoms with Gasteiger partial charge in [-0.25, -0.2) is 9.78 Å². The van der Waals surface area contributed by atoms with Crippen LogP contribution in [0.4, 0.5) is 0 Å². The third kappa shape index (κ3) is 10.2. The quantitative estimate of drug-likeness (QED) is 0.412. The highest BCUT2D eigenvalue weighted by Gasteiger charge is 2.34. The highest BCUT2D eigenvalue weighted by atomic mass is 16.6. The molecule has 1 atom stereocenters. The van der Waals surface area contributed by atoms with Gasteiger partial charge in [0.2, 0.25) is 0 Å². The first-order chi connectivity index (χ1) is 15.9. The average molecular weight is 468 g/mol. The van der Waals surface area contributed by atoms with Gasteiger partial charge < -0.3 is 19.4 Å². The molecule has 1 N–H and O–H groups in total. The summed E-state index contributed by atoms with van der Waals surface area (Å²) >= 11 is 0. The fourth-order valence-electron chi connectivity index (χ4n) is 3.13. The van der Waals surface area contributed by atoms with Gasteiger partial charge in [-0.05, 0) is 43.4 Å². The third-order valence-corrected chi connectivity index (χ3v) is 4.74. The number of benzene rings is 1. The minimum atomic E-state index is -0.558. The summed E-state index contributed by atoms with van der Waals surface area (Å²) < 4.78 is 12.7. The van der Waals surface area contributed by atoms with Gasteiger partial charge in [0.1, 0.15) is 18.2 Å². The van der Waals surface area contributed by atoms with E-state index in [0.717, 1.165) is 12.1 Å². The Labute approximate surface area is 202 Å². The number of ether oxygens (including phenoxy) is 2. The lowest BCUT2D eigenvalue weighted by Crippen LogP contribution is -2.49. The highest BCUT2D eigenvalue weighted by Crippen LogP contribution is 2.22. The van der Waals surface area contributed by atoms with Gasteiger partial charge in [-0.3, -0.25) is 4.79 Å². The molecule has 0 bridgehead atoms. The van der Waals surface area contributed by atoms with Crippen LogP contribution in [0.5, 0.6) is 0 Å². The van der Waals surface area contributed by atoms with Crippen molar-refractivity contribution in [3.63, 3.8) is 0 Å². The minimum Gasteiger partial charge on any atom is -0.459 e. The Morgan fingerprint density at radius 2 is 1.79 bits per heavy atom. The largest absolute Gasteiger partial charge is 0.459 e. The number of hydrogen-bond donors (Lipinski definition) is 1. The molecule has 0 spiro atoms. The van der Waals surface area contributed by atoms with E-state index in [1.807, 2.05) is 70.5 Å². The van der Waals surface area contributed by atoms with Gasteiger partial charge in [-0.1, -0.05) is 57.2 Å². The Hall–Kier alpha value is -3.19. The van der Waals surface area contributed by atoms with E-state index in [-0.39, 0.29) is 18.0 Å². The lowest BCUT2D eigenvalue weighted by Gasteiger charge is -2.32. The zero-order chi connectivity index (χ0) is 25.2. The maximum absolute atomic E-state index is 12.5. The van der Waals surface area contributed by atoms with Gasteiger partial charge >= 0.3 is 11.9 Å². The molecule has 0 radical (unpaired) electrons. The maximum atomic E-state index is 12.5. The van der Waals surface area contributed by atoms with E-state index in [1.165, 1.54) is 11.6 Å². The van der Waals surface area contributed by atoms with Crippen LogP contribution >= 0.6 is 0 Å². The second-order valence-electron chi connectivity index (χ2n) is 10.2. The van der Waals surface area contributed by atoms with Gasteiger partial charge in [0.15, 0.2) is 0 Å². The Bertz CT molecular complexity index is 963. The third-order valence-electron chi connectivity index (χ3n) is 4.74. The van der Waals surface area contributed by atoms with Crippen LogP contribution in [-0.4, -0.2) is 46.3 Å². The van der Waals surface area contributed by atoms with Crippen LogP contribution in [0.15, 0.2) is 61.2 Å². The van der Waals surface area contributed by atoms with Crippen molar-refractivity contribution < 1.29 is 19.1 Å². The van der Waals surface area contributed by atoms with E-state index >= 15 is 0 Å². The van der Waals surface area contributed by atoms with Crippen LogP contribution in [0, 0.1) is 5.41 Å². The molecule has 1 heterocycles. The van der Waals surface area contributed by atoms with E-state index in [0.29, 0.717) is 6.54 Å². The van der Waals surface area contributed by atoms with Crippen LogP contribution in [0.1, 0.15) is 52.7 Å². The zero-order valence-corrected chi connectivity index (χ0v) is 21.1. The molecule has 1 aromatic carbocycles. The van der Waals surface area contributed by atoms with Gasteiger partial charge in [0.25, 0.3) is 0 Å². The zero-order valence-electron chi connectivity index (χ0n) is 21.1. The summed E-state index contributed by atoms with van der Waals surface area (Å²) in [4.78, 5) is 28.5. The molecule has 2 aromatic rings. The van der Waals surface area contributed by atoms with E-state index in [1.54, 1.807) is 24.7 Å². The maximum Gasteiger partial charge on any atom is 0.330 e. The molecular formula is C27H37N3O4. The van der Waals surface area contributed by atoms with E-state index < -0.39 is 17.6 Å². The van der Waals surface area contributed by atoms with Crippen LogP contribution in [-0.2, 0) is 25.6 Å². The summed E-state index contributed by atoms with van der Waals surface area (Å²) in [6.07, 6.45) is 12.2. The topological polar surface area (TPSA) is 82.5 Å². The molecule has 1 aromatic heterocycles. The summed E-state index contributed by atoms with van der Waals surface area (Å²) in [5, 5.41) is 3.16. The summed E-state index contributed by atoms with van der Waals surface area (Å²) in [6.45, 7) is 12.7. The molecule has 0 amide bonds. The first-order valence-electron chi connectivity index (χ1n) is 11.4. The second-order valence-corrected chi connectivity index (χ2v) is 10.2. The van der Waals surface area contributed by atoms with Crippen molar-refractivity contribution in [2.45, 2.75) is 59.7 Å². The number of carbonyl (C=O) groups excluding carboxylic acids is 2. The molecule has 0 saturated carbocycles. The monoisotopic (exact) mass is 467 g/mol. The van der Waals surface area contributed by atoms with Crippen molar-refractivity contribution in [1.82, 2.24) is 14.9 Å². The first kappa shape index (κ1) is 27.1. The minimum absolute atomic E-state index is 0.177. The van der Waals surface area contributed by atoms with Gasteiger partial charge in [-0.15, -0.1) is 0 Å². The van der Waals surface area contributed by atoms with Crippen LogP contribution in [0.25, 0.3) is 6.08 Å². The SMILES string of the molecule is CC(C)(C)OC(=O)[C@@H](NCC=CC(=O)OCC=Cc1ccc(Cn2ccnc2)cc1)C(C)(C)C. The van der Waals surface area contributed by atoms with Crippen molar-refractivity contribution >= 4 is 18.0 Å². The normalized spacial score (nSPS) is 13.4. The molecule has 184 valence electrons. The molecular weight excluding hydrogens is 430 g/mol. The van der Waals surface area contributed by atoms with Crippen molar-refractivity contribution in [2.75, 3.05) is 13.2 Å². The van der Waals surface area contributed by atoms with Gasteiger partial charge in [-0.2, -0.15) is 0 Å². The fraction of sp³-hybridized carbons (Fsp3) is 0.444. The predicted octanol–water partition coefficient (Wildman–Crippen LogP) is 4.39. The number of nitrogens with one attached hydrogen (secondary N) is 1. The van der Waals surface area contributed by atoms with Crippen molar-refractivity contribution in [1.29, 1.82) is 0 Å². The Morgan fingerprint density at radius 3 is 2.38 bits per heavy atom. The van der Waals surface area contributed by atoms with E-state index in [9.17, 15) is 9.59 Å². The average Bonchev–Trinajstić information content (AvgIpc) is 3.23. The lowest BCUT2D eigenvalue weighted by molar-refractivity contribution is -0.160. The Balaban J connectivity index is 1.74. The summed E-state index contributed by atoms with van der Waals surface area (Å²) in [5.41, 5.74) is 1.32. The molecule has 0 unspecified atom stereocenters. The summed E-state index contributed by atoms with van der Waals surface area (Å²) in [5.74, 6) is -0.748. The molecule has 34 heavy (non-hydrogen) atoms. The smallest absolute Gasteiger partial charge is 0.330 e. The first-order valence-corrected chi connectivity index (χ1v) is 11.4. The molecule has 0 aliphatic carbocycles. The molecule has 0 saturated heterocycles. The predicted molar refractivity (Wildman–Crippen MR) is 134 cm³/mol. The fourth-order valence-corrected chi connectivity index (χ4v) is 3.13. The molecule has 7 nitrogen and oxygen atoms in total. The summed E-state index contributed by atoms with van der Waals surface area (Å²) in [6, 6.07) is 7.66. The number of carbonyl (C=O) groups is 2. The molecule has 2 rings (SSSR count). The Morgan fingerprint density at radius 1 is 1.09 bits per heavy atom. The van der Waals surface area contributed by atoms with E-state index in [2.05, 4.69) is 22.4 Å². The standard InChI is InChI=1S/C27H37N3O4/c1-26(2,3)24(25(32)34-27(4,5)6)29-15-7-10-23(31)33-18-8-9-21-11-13-22(14-12-21)19-30-17-16-28-20-30/h7-14,16-17,20,24,29H,15,18-19H2,1-6H3/t24-/m1/s1. The van der Waals surface area contributed by atoms with Crippen LogP contribution < -0.4 is 5.32 Å². The van der Waals surface area contributed by atoms with Crippen molar-refractivity contribution in [2.24, 2.45) is 5.41 Å². The Kier molecular flexibility index (Phi) is 9.81. The number of esters is 2. The number of nitrogens with zero attached hydrogens (tertiary/aromatic N) is 2. The molecule has 7 heteroatoms. The summed E-state index contributed by atoms with van der Waals surface area (Å²) in [7, 11) is 0. The lowest BCUT2D eigenvalue weighted by atomic mass is 9.86. The van der Waals surface area contributed by atoms with Crippen molar-refractivity contribution in [3.05, 3.63) is 72.3 Å².